The lowest BCUT2D eigenvalue weighted by molar-refractivity contribution is -0.258. The van der Waals surface area contributed by atoms with Crippen LogP contribution in [-0.4, -0.2) is 99.1 Å². The molecule has 4 fully saturated rings. The van der Waals surface area contributed by atoms with Crippen LogP contribution in [0.1, 0.15) is 21.5 Å². The van der Waals surface area contributed by atoms with Gasteiger partial charge >= 0.3 is 24.4 Å². The largest absolute Gasteiger partial charge is 0.451 e. The van der Waals surface area contributed by atoms with Crippen LogP contribution in [0, 0.1) is 10.8 Å². The fraction of sp³-hybridized carbons (Fsp3) is 0.476. The SMILES string of the molecule is N=C1NC2C(CN3C(=O)CNC3=O)NC(=N)N3C[C@H](OC(=O)c4cc(C(F)(F)F)ccc4C(F)(F)F)C(O)(O)C23N1. The summed E-state index contributed by atoms with van der Waals surface area (Å²) in [4.78, 5) is 38.7. The highest BCUT2D eigenvalue weighted by Crippen LogP contribution is 2.45. The highest BCUT2D eigenvalue weighted by molar-refractivity contribution is 6.02. The lowest BCUT2D eigenvalue weighted by Gasteiger charge is -2.51. The van der Waals surface area contributed by atoms with Gasteiger partial charge in [0.1, 0.15) is 0 Å². The quantitative estimate of drug-likeness (QED) is 0.0915. The first-order chi connectivity index (χ1) is 18.9. The minimum atomic E-state index is -5.28. The van der Waals surface area contributed by atoms with Crippen molar-refractivity contribution in [3.8, 4) is 0 Å². The maximum absolute atomic E-state index is 13.5. The Morgan fingerprint density at radius 3 is 2.37 bits per heavy atom. The van der Waals surface area contributed by atoms with Gasteiger partial charge in [-0.25, -0.2) is 9.59 Å². The van der Waals surface area contributed by atoms with Gasteiger partial charge in [0, 0.05) is 0 Å². The number of alkyl halides is 6. The van der Waals surface area contributed by atoms with E-state index in [2.05, 4.69) is 21.3 Å². The predicted octanol–water partition coefficient (Wildman–Crippen LogP) is -1.10. The summed E-state index contributed by atoms with van der Waals surface area (Å²) in [5, 5.41) is 48.9. The number of imide groups is 1. The van der Waals surface area contributed by atoms with Gasteiger partial charge in [-0.15, -0.1) is 0 Å². The average Bonchev–Trinajstić information content (AvgIpc) is 3.45. The van der Waals surface area contributed by atoms with Gasteiger partial charge in [-0.1, -0.05) is 0 Å². The monoisotopic (exact) mass is 594 g/mol. The van der Waals surface area contributed by atoms with Crippen molar-refractivity contribution < 1.29 is 55.7 Å². The molecule has 4 aliphatic heterocycles. The van der Waals surface area contributed by atoms with Gasteiger partial charge in [0.15, 0.2) is 23.7 Å². The van der Waals surface area contributed by atoms with Crippen molar-refractivity contribution in [2.24, 2.45) is 0 Å². The van der Waals surface area contributed by atoms with Crippen LogP contribution in [0.3, 0.4) is 0 Å². The Balaban J connectivity index is 1.49. The second kappa shape index (κ2) is 8.83. The number of rotatable bonds is 4. The number of nitrogens with zero attached hydrogens (tertiary/aromatic N) is 2. The second-order valence-electron chi connectivity index (χ2n) is 9.64. The summed E-state index contributed by atoms with van der Waals surface area (Å²) in [6.07, 6.45) is -12.6. The highest BCUT2D eigenvalue weighted by Gasteiger charge is 2.75. The zero-order valence-electron chi connectivity index (χ0n) is 20.3. The van der Waals surface area contributed by atoms with E-state index in [0.29, 0.717) is 0 Å². The molecule has 4 atom stereocenters. The number of guanidine groups is 2. The third-order valence-electron chi connectivity index (χ3n) is 7.28. The summed E-state index contributed by atoms with van der Waals surface area (Å²) < 4.78 is 85.2. The number of halogens is 6. The lowest BCUT2D eigenvalue weighted by Crippen LogP contribution is -2.81. The zero-order chi connectivity index (χ0) is 30.3. The van der Waals surface area contributed by atoms with Crippen molar-refractivity contribution >= 4 is 29.8 Å². The Hall–Kier alpha value is -4.33. The van der Waals surface area contributed by atoms with Crippen molar-refractivity contribution in [2.45, 2.75) is 42.0 Å². The Bertz CT molecular complexity index is 1350. The van der Waals surface area contributed by atoms with Crippen LogP contribution < -0.4 is 21.3 Å². The van der Waals surface area contributed by atoms with Gasteiger partial charge in [-0.3, -0.25) is 20.5 Å². The van der Waals surface area contributed by atoms with E-state index in [9.17, 15) is 50.9 Å². The summed E-state index contributed by atoms with van der Waals surface area (Å²) >= 11 is 0. The number of benzene rings is 1. The van der Waals surface area contributed by atoms with Crippen LogP contribution in [0.15, 0.2) is 18.2 Å². The topological polar surface area (TPSA) is 203 Å². The first-order valence-corrected chi connectivity index (χ1v) is 11.7. The third kappa shape index (κ3) is 4.24. The summed E-state index contributed by atoms with van der Waals surface area (Å²) in [5.74, 6) is -7.02. The molecule has 0 saturated carbocycles. The maximum atomic E-state index is 13.5. The van der Waals surface area contributed by atoms with Crippen LogP contribution in [0.2, 0.25) is 0 Å². The number of nitrogens with one attached hydrogen (secondary N) is 6. The standard InChI is InChI=1S/C21H20F6N8O6/c22-20(23,24)7-1-2-9(21(25,26)27)8(3-7)14(37)41-11-6-35-16(29)31-10(5-34-12(36)4-30-17(34)38)13-18(35,19(11,39)40)33-15(28)32-13/h1-3,10-11,13,39-40H,4-6H2,(H2,29,31)(H,30,38)(H3,28,32,33)/t10?,11-,13?,18?/m0/s1. The van der Waals surface area contributed by atoms with E-state index < -0.39 is 102 Å². The third-order valence-corrected chi connectivity index (χ3v) is 7.28. The fourth-order valence-electron chi connectivity index (χ4n) is 5.43. The van der Waals surface area contributed by atoms with Crippen molar-refractivity contribution in [1.29, 1.82) is 10.8 Å². The molecule has 5 rings (SSSR count). The van der Waals surface area contributed by atoms with Crippen molar-refractivity contribution in [1.82, 2.24) is 31.1 Å². The zero-order valence-corrected chi connectivity index (χ0v) is 20.3. The molecule has 8 N–H and O–H groups in total. The summed E-state index contributed by atoms with van der Waals surface area (Å²) in [5.41, 5.74) is -7.23. The van der Waals surface area contributed by atoms with Gasteiger partial charge < -0.3 is 41.1 Å². The van der Waals surface area contributed by atoms with Crippen LogP contribution in [0.25, 0.3) is 0 Å². The molecule has 1 aromatic carbocycles. The first kappa shape index (κ1) is 28.2. The van der Waals surface area contributed by atoms with E-state index in [1.807, 2.05) is 0 Å². The summed E-state index contributed by atoms with van der Waals surface area (Å²) in [6.45, 7) is -1.53. The Morgan fingerprint density at radius 2 is 1.78 bits per heavy atom. The van der Waals surface area contributed by atoms with E-state index >= 15 is 0 Å². The van der Waals surface area contributed by atoms with Crippen molar-refractivity contribution in [2.75, 3.05) is 19.6 Å². The number of aliphatic hydroxyl groups is 2. The molecule has 0 aromatic heterocycles. The van der Waals surface area contributed by atoms with Gasteiger partial charge in [-0.05, 0) is 18.2 Å². The Labute approximate surface area is 224 Å². The van der Waals surface area contributed by atoms with E-state index in [-0.39, 0.29) is 24.7 Å². The molecule has 1 spiro atoms. The number of hydrogen-bond donors (Lipinski definition) is 8. The van der Waals surface area contributed by atoms with Gasteiger partial charge in [0.25, 0.3) is 0 Å². The van der Waals surface area contributed by atoms with Gasteiger partial charge in [-0.2, -0.15) is 26.3 Å². The smallest absolute Gasteiger partial charge is 0.417 e. The van der Waals surface area contributed by atoms with E-state index in [1.165, 1.54) is 0 Å². The molecular formula is C21H20F6N8O6. The fourth-order valence-corrected chi connectivity index (χ4v) is 5.43. The van der Waals surface area contributed by atoms with Crippen molar-refractivity contribution in [3.63, 3.8) is 0 Å². The number of esters is 1. The molecule has 1 aromatic rings. The number of amides is 3. The average molecular weight is 594 g/mol. The van der Waals surface area contributed by atoms with E-state index in [1.54, 1.807) is 0 Å². The number of carbonyl (C=O) groups is 3. The van der Waals surface area contributed by atoms with Crippen LogP contribution >= 0.6 is 0 Å². The summed E-state index contributed by atoms with van der Waals surface area (Å²) in [6, 6.07) is -3.19. The molecule has 4 aliphatic rings. The number of ether oxygens (including phenoxy) is 1. The molecule has 222 valence electrons. The van der Waals surface area contributed by atoms with Gasteiger partial charge in [0.2, 0.25) is 11.7 Å². The Morgan fingerprint density at radius 1 is 1.10 bits per heavy atom. The van der Waals surface area contributed by atoms with Gasteiger partial charge in [0.05, 0.1) is 48.4 Å². The number of hydrogen-bond acceptors (Lipinski definition) is 8. The molecule has 4 saturated heterocycles. The molecular weight excluding hydrogens is 574 g/mol. The maximum Gasteiger partial charge on any atom is 0.417 e. The molecule has 0 aliphatic carbocycles. The minimum absolute atomic E-state index is 0.0426. The first-order valence-electron chi connectivity index (χ1n) is 11.7. The van der Waals surface area contributed by atoms with Crippen LogP contribution in [0.5, 0.6) is 0 Å². The molecule has 14 nitrogen and oxygen atoms in total. The molecule has 20 heteroatoms. The van der Waals surface area contributed by atoms with E-state index in [4.69, 9.17) is 15.6 Å². The van der Waals surface area contributed by atoms with Crippen LogP contribution in [-0.2, 0) is 21.9 Å². The number of carbonyl (C=O) groups excluding carboxylic acids is 3. The predicted molar refractivity (Wildman–Crippen MR) is 120 cm³/mol. The van der Waals surface area contributed by atoms with Crippen molar-refractivity contribution in [3.05, 3.63) is 34.9 Å². The highest BCUT2D eigenvalue weighted by atomic mass is 19.4. The molecule has 0 radical (unpaired) electrons. The number of urea groups is 1. The summed E-state index contributed by atoms with van der Waals surface area (Å²) in [7, 11) is 0. The Kier molecular flexibility index (Phi) is 6.08. The van der Waals surface area contributed by atoms with E-state index in [0.717, 1.165) is 9.80 Å². The normalized spacial score (nSPS) is 28.9. The van der Waals surface area contributed by atoms with Crippen LogP contribution in [0.4, 0.5) is 31.1 Å². The minimum Gasteiger partial charge on any atom is -0.451 e. The molecule has 0 bridgehead atoms. The lowest BCUT2D eigenvalue weighted by atomic mass is 9.85. The molecule has 41 heavy (non-hydrogen) atoms. The molecule has 3 unspecified atom stereocenters. The molecule has 3 amide bonds. The second-order valence-corrected chi connectivity index (χ2v) is 9.64. The molecule has 4 heterocycles.